The predicted molar refractivity (Wildman–Crippen MR) is 88.7 cm³/mol. The number of urea groups is 1. The highest BCUT2D eigenvalue weighted by Crippen LogP contribution is 2.38. The summed E-state index contributed by atoms with van der Waals surface area (Å²) in [5.41, 5.74) is 3.12. The summed E-state index contributed by atoms with van der Waals surface area (Å²) in [6.45, 7) is 7.68. The third kappa shape index (κ3) is 3.44. The molecular weight excluding hydrogens is 292 g/mol. The van der Waals surface area contributed by atoms with Gasteiger partial charge in [-0.2, -0.15) is 0 Å². The van der Waals surface area contributed by atoms with Crippen LogP contribution in [-0.2, 0) is 11.2 Å². The minimum atomic E-state index is 0.0287. The number of carbonyl (C=O) groups is 1. The number of carbonyl (C=O) groups excluding carboxylic acids is 1. The molecule has 2 saturated heterocycles. The number of hydrogen-bond donors (Lipinski definition) is 2. The van der Waals surface area contributed by atoms with E-state index in [4.69, 9.17) is 4.74 Å². The van der Waals surface area contributed by atoms with Crippen molar-refractivity contribution in [1.29, 1.82) is 0 Å². The van der Waals surface area contributed by atoms with Crippen LogP contribution in [-0.4, -0.2) is 48.9 Å². The second-order valence-electron chi connectivity index (χ2n) is 7.03. The Hall–Kier alpha value is -1.75. The molecule has 0 bridgehead atoms. The highest BCUT2D eigenvalue weighted by atomic mass is 16.5. The molecule has 23 heavy (non-hydrogen) atoms. The molecular formula is C18H26N2O3. The van der Waals surface area contributed by atoms with Crippen molar-refractivity contribution in [2.75, 3.05) is 32.8 Å². The van der Waals surface area contributed by atoms with Crippen LogP contribution >= 0.6 is 0 Å². The summed E-state index contributed by atoms with van der Waals surface area (Å²) in [6.07, 6.45) is 2.90. The van der Waals surface area contributed by atoms with Gasteiger partial charge in [-0.25, -0.2) is 4.79 Å². The first-order chi connectivity index (χ1) is 11.0. The van der Waals surface area contributed by atoms with Gasteiger partial charge in [-0.3, -0.25) is 0 Å². The molecule has 126 valence electrons. The molecule has 0 saturated carbocycles. The number of aromatic hydroxyl groups is 1. The molecule has 1 unspecified atom stereocenters. The fourth-order valence-corrected chi connectivity index (χ4v) is 3.70. The van der Waals surface area contributed by atoms with Crippen LogP contribution < -0.4 is 5.32 Å². The third-order valence-electron chi connectivity index (χ3n) is 5.15. The molecule has 2 heterocycles. The van der Waals surface area contributed by atoms with Crippen LogP contribution in [0.1, 0.15) is 29.5 Å². The lowest BCUT2D eigenvalue weighted by Gasteiger charge is -2.22. The lowest BCUT2D eigenvalue weighted by atomic mass is 9.87. The van der Waals surface area contributed by atoms with Gasteiger partial charge in [0.25, 0.3) is 0 Å². The average Bonchev–Trinajstić information content (AvgIpc) is 3.15. The Labute approximate surface area is 137 Å². The number of hydrogen-bond acceptors (Lipinski definition) is 3. The minimum absolute atomic E-state index is 0.0287. The Morgan fingerprint density at radius 3 is 2.74 bits per heavy atom. The maximum Gasteiger partial charge on any atom is 0.317 e. The number of amides is 2. The van der Waals surface area contributed by atoms with Crippen LogP contribution in [0.5, 0.6) is 5.75 Å². The van der Waals surface area contributed by atoms with E-state index in [2.05, 4.69) is 5.32 Å². The van der Waals surface area contributed by atoms with Gasteiger partial charge in [0.2, 0.25) is 0 Å². The zero-order valence-corrected chi connectivity index (χ0v) is 14.0. The molecule has 1 atom stereocenters. The van der Waals surface area contributed by atoms with Gasteiger partial charge in [0.05, 0.1) is 6.61 Å². The highest BCUT2D eigenvalue weighted by Gasteiger charge is 2.42. The first kappa shape index (κ1) is 16.1. The van der Waals surface area contributed by atoms with Crippen molar-refractivity contribution in [2.45, 2.75) is 33.1 Å². The van der Waals surface area contributed by atoms with E-state index in [1.54, 1.807) is 0 Å². The quantitative estimate of drug-likeness (QED) is 0.899. The molecule has 0 aromatic heterocycles. The summed E-state index contributed by atoms with van der Waals surface area (Å²) >= 11 is 0. The molecule has 2 aliphatic rings. The SMILES string of the molecule is Cc1cc(CCNC(=O)N2CCC3(CCOC3)C2)cc(C)c1O. The molecule has 1 aromatic carbocycles. The number of rotatable bonds is 3. The second-order valence-corrected chi connectivity index (χ2v) is 7.03. The number of likely N-dealkylation sites (tertiary alicyclic amines) is 1. The van der Waals surface area contributed by atoms with E-state index in [0.717, 1.165) is 62.3 Å². The van der Waals surface area contributed by atoms with Crippen LogP contribution in [0.25, 0.3) is 0 Å². The van der Waals surface area contributed by atoms with E-state index in [1.807, 2.05) is 30.9 Å². The molecule has 2 N–H and O–H groups in total. The van der Waals surface area contributed by atoms with Crippen LogP contribution in [0, 0.1) is 19.3 Å². The van der Waals surface area contributed by atoms with E-state index in [9.17, 15) is 9.90 Å². The molecule has 1 aromatic rings. The highest BCUT2D eigenvalue weighted by molar-refractivity contribution is 5.74. The maximum atomic E-state index is 12.3. The number of nitrogens with zero attached hydrogens (tertiary/aromatic N) is 1. The lowest BCUT2D eigenvalue weighted by Crippen LogP contribution is -2.40. The number of benzene rings is 1. The summed E-state index contributed by atoms with van der Waals surface area (Å²) in [7, 11) is 0. The minimum Gasteiger partial charge on any atom is -0.507 e. The van der Waals surface area contributed by atoms with Crippen LogP contribution in [0.2, 0.25) is 0 Å². The van der Waals surface area contributed by atoms with E-state index in [-0.39, 0.29) is 11.4 Å². The summed E-state index contributed by atoms with van der Waals surface area (Å²) in [6, 6.07) is 3.99. The normalized spacial score (nSPS) is 23.7. The number of ether oxygens (including phenoxy) is 1. The van der Waals surface area contributed by atoms with Crippen molar-refractivity contribution in [3.05, 3.63) is 28.8 Å². The van der Waals surface area contributed by atoms with Crippen molar-refractivity contribution < 1.29 is 14.6 Å². The number of aryl methyl sites for hydroxylation is 2. The van der Waals surface area contributed by atoms with Crippen molar-refractivity contribution in [1.82, 2.24) is 10.2 Å². The Kier molecular flexibility index (Phi) is 4.48. The first-order valence-electron chi connectivity index (χ1n) is 8.39. The fourth-order valence-electron chi connectivity index (χ4n) is 3.70. The van der Waals surface area contributed by atoms with Crippen molar-refractivity contribution in [2.24, 2.45) is 5.41 Å². The smallest absolute Gasteiger partial charge is 0.317 e. The largest absolute Gasteiger partial charge is 0.507 e. The fraction of sp³-hybridized carbons (Fsp3) is 0.611. The van der Waals surface area contributed by atoms with E-state index >= 15 is 0 Å². The molecule has 1 spiro atoms. The van der Waals surface area contributed by atoms with E-state index in [1.165, 1.54) is 0 Å². The monoisotopic (exact) mass is 318 g/mol. The van der Waals surface area contributed by atoms with Crippen molar-refractivity contribution in [3.8, 4) is 5.75 Å². The molecule has 0 radical (unpaired) electrons. The third-order valence-corrected chi connectivity index (χ3v) is 5.15. The molecule has 2 amide bonds. The number of phenols is 1. The summed E-state index contributed by atoms with van der Waals surface area (Å²) in [4.78, 5) is 14.2. The summed E-state index contributed by atoms with van der Waals surface area (Å²) in [5.74, 6) is 0.360. The number of phenolic OH excluding ortho intramolecular Hbond substituents is 1. The van der Waals surface area contributed by atoms with Gasteiger partial charge in [-0.05, 0) is 49.8 Å². The molecule has 5 nitrogen and oxygen atoms in total. The first-order valence-corrected chi connectivity index (χ1v) is 8.39. The summed E-state index contributed by atoms with van der Waals surface area (Å²) in [5, 5.41) is 12.8. The van der Waals surface area contributed by atoms with Crippen LogP contribution in [0.4, 0.5) is 4.79 Å². The molecule has 5 heteroatoms. The Morgan fingerprint density at radius 2 is 2.09 bits per heavy atom. The van der Waals surface area contributed by atoms with Crippen LogP contribution in [0.15, 0.2) is 12.1 Å². The van der Waals surface area contributed by atoms with Crippen LogP contribution in [0.3, 0.4) is 0 Å². The average molecular weight is 318 g/mol. The van der Waals surface area contributed by atoms with E-state index < -0.39 is 0 Å². The standard InChI is InChI=1S/C18H26N2O3/c1-13-9-15(10-14(2)16(13)21)3-6-19-17(22)20-7-4-18(11-20)5-8-23-12-18/h9-10,21H,3-8,11-12H2,1-2H3,(H,19,22). The summed E-state index contributed by atoms with van der Waals surface area (Å²) < 4.78 is 5.50. The molecule has 3 rings (SSSR count). The second kappa shape index (κ2) is 6.40. The zero-order valence-electron chi connectivity index (χ0n) is 14.0. The van der Waals surface area contributed by atoms with Gasteiger partial charge in [-0.15, -0.1) is 0 Å². The van der Waals surface area contributed by atoms with Gasteiger partial charge >= 0.3 is 6.03 Å². The predicted octanol–water partition coefficient (Wildman–Crippen LogP) is 2.37. The van der Waals surface area contributed by atoms with Crippen molar-refractivity contribution in [3.63, 3.8) is 0 Å². The zero-order chi connectivity index (χ0) is 16.4. The Bertz CT molecular complexity index is 571. The molecule has 2 fully saturated rings. The Balaban J connectivity index is 1.48. The molecule has 2 aliphatic heterocycles. The maximum absolute atomic E-state index is 12.3. The number of nitrogens with one attached hydrogen (secondary N) is 1. The Morgan fingerprint density at radius 1 is 1.35 bits per heavy atom. The van der Waals surface area contributed by atoms with Gasteiger partial charge in [0.15, 0.2) is 0 Å². The van der Waals surface area contributed by atoms with E-state index in [0.29, 0.717) is 12.3 Å². The van der Waals surface area contributed by atoms with Gasteiger partial charge in [0, 0.05) is 31.7 Å². The van der Waals surface area contributed by atoms with Gasteiger partial charge in [-0.1, -0.05) is 12.1 Å². The van der Waals surface area contributed by atoms with Gasteiger partial charge in [0.1, 0.15) is 5.75 Å². The van der Waals surface area contributed by atoms with Crippen molar-refractivity contribution >= 4 is 6.03 Å². The van der Waals surface area contributed by atoms with Gasteiger partial charge < -0.3 is 20.1 Å². The molecule has 0 aliphatic carbocycles. The lowest BCUT2D eigenvalue weighted by molar-refractivity contribution is 0.152. The topological polar surface area (TPSA) is 61.8 Å².